The zero-order valence-electron chi connectivity index (χ0n) is 8.90. The molecule has 0 aliphatic rings. The lowest BCUT2D eigenvalue weighted by Crippen LogP contribution is -1.91. The van der Waals surface area contributed by atoms with Gasteiger partial charge in [0.25, 0.3) is 0 Å². The van der Waals surface area contributed by atoms with Crippen LogP contribution in [-0.2, 0) is 0 Å². The first kappa shape index (κ1) is 12.0. The van der Waals surface area contributed by atoms with Crippen molar-refractivity contribution in [1.29, 1.82) is 0 Å². The van der Waals surface area contributed by atoms with E-state index in [1.165, 1.54) is 0 Å². The van der Waals surface area contributed by atoms with E-state index in [-0.39, 0.29) is 0 Å². The van der Waals surface area contributed by atoms with Gasteiger partial charge in [-0.25, -0.2) is 0 Å². The number of nitrogens with zero attached hydrogens (tertiary/aromatic N) is 1. The summed E-state index contributed by atoms with van der Waals surface area (Å²) >= 11 is 11.8. The van der Waals surface area contributed by atoms with Crippen molar-refractivity contribution >= 4 is 35.1 Å². The van der Waals surface area contributed by atoms with Gasteiger partial charge >= 0.3 is 0 Å². The highest BCUT2D eigenvalue weighted by molar-refractivity contribution is 6.33. The quantitative estimate of drug-likeness (QED) is 0.644. The molecule has 0 amide bonds. The van der Waals surface area contributed by atoms with E-state index in [0.717, 1.165) is 11.3 Å². The standard InChI is InChI=1S/C13H10Cl2N2/c14-11-5-3-4-10(8-11)9-16-17-13-7-2-1-6-12(13)15/h1-9,17H/b16-9+. The average molecular weight is 265 g/mol. The number of para-hydroxylation sites is 1. The summed E-state index contributed by atoms with van der Waals surface area (Å²) in [6, 6.07) is 14.9. The van der Waals surface area contributed by atoms with E-state index >= 15 is 0 Å². The van der Waals surface area contributed by atoms with E-state index < -0.39 is 0 Å². The summed E-state index contributed by atoms with van der Waals surface area (Å²) in [5, 5.41) is 5.42. The second-order valence-electron chi connectivity index (χ2n) is 3.40. The van der Waals surface area contributed by atoms with Crippen molar-refractivity contribution in [3.05, 3.63) is 64.1 Å². The van der Waals surface area contributed by atoms with Gasteiger partial charge in [-0.1, -0.05) is 47.5 Å². The van der Waals surface area contributed by atoms with Crippen LogP contribution in [0.5, 0.6) is 0 Å². The van der Waals surface area contributed by atoms with Crippen LogP contribution < -0.4 is 5.43 Å². The van der Waals surface area contributed by atoms with Crippen LogP contribution in [0.25, 0.3) is 0 Å². The predicted octanol–water partition coefficient (Wildman–Crippen LogP) is 4.44. The second kappa shape index (κ2) is 5.71. The van der Waals surface area contributed by atoms with Crippen molar-refractivity contribution in [2.45, 2.75) is 0 Å². The molecule has 0 unspecified atom stereocenters. The highest BCUT2D eigenvalue weighted by atomic mass is 35.5. The summed E-state index contributed by atoms with van der Waals surface area (Å²) in [4.78, 5) is 0. The molecule has 0 saturated carbocycles. The molecule has 2 aromatic carbocycles. The number of hydrogen-bond donors (Lipinski definition) is 1. The first-order valence-electron chi connectivity index (χ1n) is 5.05. The van der Waals surface area contributed by atoms with Gasteiger partial charge in [-0.15, -0.1) is 0 Å². The highest BCUT2D eigenvalue weighted by Crippen LogP contribution is 2.20. The minimum atomic E-state index is 0.635. The van der Waals surface area contributed by atoms with Crippen LogP contribution in [0, 0.1) is 0 Å². The van der Waals surface area contributed by atoms with Crippen LogP contribution in [0.4, 0.5) is 5.69 Å². The van der Waals surface area contributed by atoms with Gasteiger partial charge in [-0.3, -0.25) is 5.43 Å². The molecular formula is C13H10Cl2N2. The fraction of sp³-hybridized carbons (Fsp3) is 0. The van der Waals surface area contributed by atoms with Gasteiger partial charge in [-0.2, -0.15) is 5.10 Å². The molecule has 0 fully saturated rings. The Labute approximate surface area is 110 Å². The van der Waals surface area contributed by atoms with Crippen LogP contribution in [0.3, 0.4) is 0 Å². The number of rotatable bonds is 3. The third kappa shape index (κ3) is 3.48. The van der Waals surface area contributed by atoms with E-state index in [0.29, 0.717) is 10.0 Å². The third-order valence-electron chi connectivity index (χ3n) is 2.12. The third-order valence-corrected chi connectivity index (χ3v) is 2.69. The second-order valence-corrected chi connectivity index (χ2v) is 4.25. The molecule has 0 aliphatic heterocycles. The Bertz CT molecular complexity index is 538. The van der Waals surface area contributed by atoms with Crippen molar-refractivity contribution in [1.82, 2.24) is 0 Å². The van der Waals surface area contributed by atoms with Gasteiger partial charge in [0, 0.05) is 5.02 Å². The summed E-state index contributed by atoms with van der Waals surface area (Å²) in [5.74, 6) is 0. The smallest absolute Gasteiger partial charge is 0.0748 e. The average Bonchev–Trinajstić information content (AvgIpc) is 2.32. The Balaban J connectivity index is 2.06. The number of nitrogens with one attached hydrogen (secondary N) is 1. The number of benzene rings is 2. The van der Waals surface area contributed by atoms with Crippen LogP contribution >= 0.6 is 23.2 Å². The van der Waals surface area contributed by atoms with E-state index in [9.17, 15) is 0 Å². The molecule has 4 heteroatoms. The van der Waals surface area contributed by atoms with E-state index in [2.05, 4.69) is 10.5 Å². The fourth-order valence-corrected chi connectivity index (χ4v) is 1.69. The molecule has 0 heterocycles. The van der Waals surface area contributed by atoms with Crippen LogP contribution in [-0.4, -0.2) is 6.21 Å². The van der Waals surface area contributed by atoms with Gasteiger partial charge in [0.15, 0.2) is 0 Å². The van der Waals surface area contributed by atoms with Gasteiger partial charge in [0.1, 0.15) is 0 Å². The molecule has 2 aromatic rings. The van der Waals surface area contributed by atoms with Crippen LogP contribution in [0.2, 0.25) is 10.0 Å². The Hall–Kier alpha value is -1.51. The summed E-state index contributed by atoms with van der Waals surface area (Å²) < 4.78 is 0. The lowest BCUT2D eigenvalue weighted by atomic mass is 10.2. The minimum absolute atomic E-state index is 0.635. The maximum Gasteiger partial charge on any atom is 0.0748 e. The topological polar surface area (TPSA) is 24.4 Å². The van der Waals surface area contributed by atoms with Gasteiger partial charge < -0.3 is 0 Å². The molecule has 1 N–H and O–H groups in total. The number of hydrazone groups is 1. The first-order valence-corrected chi connectivity index (χ1v) is 5.80. The zero-order chi connectivity index (χ0) is 12.1. The molecule has 0 radical (unpaired) electrons. The molecule has 0 saturated heterocycles. The largest absolute Gasteiger partial charge is 0.277 e. The van der Waals surface area contributed by atoms with Crippen molar-refractivity contribution in [3.63, 3.8) is 0 Å². The minimum Gasteiger partial charge on any atom is -0.277 e. The highest BCUT2D eigenvalue weighted by Gasteiger charge is 1.95. The monoisotopic (exact) mass is 264 g/mol. The van der Waals surface area contributed by atoms with Crippen LogP contribution in [0.15, 0.2) is 53.6 Å². The predicted molar refractivity (Wildman–Crippen MR) is 74.1 cm³/mol. The Morgan fingerprint density at radius 3 is 2.59 bits per heavy atom. The summed E-state index contributed by atoms with van der Waals surface area (Å²) in [6.07, 6.45) is 1.69. The molecule has 0 aliphatic carbocycles. The first-order chi connectivity index (χ1) is 8.25. The van der Waals surface area contributed by atoms with Crippen molar-refractivity contribution in [3.8, 4) is 0 Å². The summed E-state index contributed by atoms with van der Waals surface area (Å²) in [7, 11) is 0. The molecule has 2 nitrogen and oxygen atoms in total. The Morgan fingerprint density at radius 1 is 1.00 bits per heavy atom. The van der Waals surface area contributed by atoms with Crippen LogP contribution in [0.1, 0.15) is 5.56 Å². The van der Waals surface area contributed by atoms with Gasteiger partial charge in [0.05, 0.1) is 16.9 Å². The van der Waals surface area contributed by atoms with Gasteiger partial charge in [0.2, 0.25) is 0 Å². The normalized spacial score (nSPS) is 10.7. The Morgan fingerprint density at radius 2 is 1.82 bits per heavy atom. The molecule has 86 valence electrons. The number of halogens is 2. The molecule has 0 aromatic heterocycles. The van der Waals surface area contributed by atoms with Crippen molar-refractivity contribution in [2.75, 3.05) is 5.43 Å². The maximum atomic E-state index is 5.97. The molecule has 17 heavy (non-hydrogen) atoms. The van der Waals surface area contributed by atoms with Crippen molar-refractivity contribution < 1.29 is 0 Å². The molecule has 0 spiro atoms. The van der Waals surface area contributed by atoms with E-state index in [1.807, 2.05) is 42.5 Å². The fourth-order valence-electron chi connectivity index (χ4n) is 1.32. The van der Waals surface area contributed by atoms with Gasteiger partial charge in [-0.05, 0) is 29.8 Å². The lowest BCUT2D eigenvalue weighted by molar-refractivity contribution is 1.35. The molecular weight excluding hydrogens is 255 g/mol. The Kier molecular flexibility index (Phi) is 4.02. The summed E-state index contributed by atoms with van der Waals surface area (Å²) in [5.41, 5.74) is 4.57. The molecule has 0 bridgehead atoms. The van der Waals surface area contributed by atoms with E-state index in [1.54, 1.807) is 12.3 Å². The zero-order valence-corrected chi connectivity index (χ0v) is 10.4. The molecule has 2 rings (SSSR count). The summed E-state index contributed by atoms with van der Waals surface area (Å²) in [6.45, 7) is 0. The van der Waals surface area contributed by atoms with E-state index in [4.69, 9.17) is 23.2 Å². The number of anilines is 1. The SMILES string of the molecule is Clc1cccc(/C=N/Nc2ccccc2Cl)c1. The molecule has 0 atom stereocenters. The van der Waals surface area contributed by atoms with Crippen molar-refractivity contribution in [2.24, 2.45) is 5.10 Å². The maximum absolute atomic E-state index is 5.97. The lowest BCUT2D eigenvalue weighted by Gasteiger charge is -2.01. The number of hydrogen-bond acceptors (Lipinski definition) is 2.